The largest absolute Gasteiger partial charge is 0.465 e. The summed E-state index contributed by atoms with van der Waals surface area (Å²) in [5.74, 6) is -0.450. The van der Waals surface area contributed by atoms with Crippen LogP contribution >= 0.6 is 0 Å². The monoisotopic (exact) mass is 298 g/mol. The quantitative estimate of drug-likeness (QED) is 0.829. The summed E-state index contributed by atoms with van der Waals surface area (Å²) in [5, 5.41) is 2.81. The summed E-state index contributed by atoms with van der Waals surface area (Å²) in [5.41, 5.74) is 2.22. The summed E-state index contributed by atoms with van der Waals surface area (Å²) in [6.45, 7) is 0.342. The fourth-order valence-electron chi connectivity index (χ4n) is 1.95. The van der Waals surface area contributed by atoms with Crippen molar-refractivity contribution in [2.24, 2.45) is 0 Å². The Morgan fingerprint density at radius 2 is 1.91 bits per heavy atom. The molecule has 0 bridgehead atoms. The fraction of sp³-hybridized carbons (Fsp3) is 0.235. The van der Waals surface area contributed by atoms with Crippen LogP contribution in [-0.2, 0) is 22.5 Å². The van der Waals surface area contributed by atoms with Gasteiger partial charge in [0.15, 0.2) is 0 Å². The first kappa shape index (κ1) is 15.7. The van der Waals surface area contributed by atoms with Crippen LogP contribution in [0.4, 0.5) is 0 Å². The molecule has 2 rings (SSSR count). The summed E-state index contributed by atoms with van der Waals surface area (Å²) in [7, 11) is 1.32. The molecular formula is C17H18N2O3. The highest BCUT2D eigenvalue weighted by atomic mass is 16.5. The summed E-state index contributed by atoms with van der Waals surface area (Å²) in [4.78, 5) is 27.2. The number of nitrogens with one attached hydrogen (secondary N) is 1. The third kappa shape index (κ3) is 4.70. The van der Waals surface area contributed by atoms with E-state index in [0.29, 0.717) is 30.6 Å². The zero-order chi connectivity index (χ0) is 15.8. The number of hydrogen-bond donors (Lipinski definition) is 1. The van der Waals surface area contributed by atoms with Crippen LogP contribution in [0.3, 0.4) is 0 Å². The van der Waals surface area contributed by atoms with Crippen molar-refractivity contribution in [3.8, 4) is 0 Å². The Balaban J connectivity index is 1.77. The zero-order valence-electron chi connectivity index (χ0n) is 12.4. The number of carbonyl (C=O) groups is 2. The molecule has 2 aromatic rings. The van der Waals surface area contributed by atoms with Crippen LogP contribution in [0.5, 0.6) is 0 Å². The molecule has 0 aliphatic carbocycles. The molecule has 114 valence electrons. The number of pyridine rings is 1. The molecular weight excluding hydrogens is 280 g/mol. The minimum absolute atomic E-state index is 0.0253. The third-order valence-electron chi connectivity index (χ3n) is 3.20. The van der Waals surface area contributed by atoms with Gasteiger partial charge in [-0.2, -0.15) is 0 Å². The number of amides is 1. The molecule has 0 atom stereocenters. The second-order valence-electron chi connectivity index (χ2n) is 4.79. The number of nitrogens with zero attached hydrogens (tertiary/aromatic N) is 1. The summed E-state index contributed by atoms with van der Waals surface area (Å²) in [6, 6.07) is 13.2. The van der Waals surface area contributed by atoms with Crippen molar-refractivity contribution in [3.05, 3.63) is 65.5 Å². The number of hydrogen-bond acceptors (Lipinski definition) is 4. The first-order valence-electron chi connectivity index (χ1n) is 7.03. The summed E-state index contributed by atoms with van der Waals surface area (Å²) < 4.78 is 4.60. The average Bonchev–Trinajstić information content (AvgIpc) is 2.58. The Morgan fingerprint density at radius 1 is 1.14 bits per heavy atom. The summed E-state index contributed by atoms with van der Waals surface area (Å²) >= 11 is 0. The van der Waals surface area contributed by atoms with Crippen molar-refractivity contribution in [3.63, 3.8) is 0 Å². The SMILES string of the molecule is COC(=O)c1ccc(CNC(=O)CCc2ccccc2)nc1. The molecule has 5 heteroatoms. The molecule has 5 nitrogen and oxygen atoms in total. The maximum atomic E-state index is 11.8. The maximum absolute atomic E-state index is 11.8. The Labute approximate surface area is 129 Å². The van der Waals surface area contributed by atoms with E-state index < -0.39 is 5.97 Å². The van der Waals surface area contributed by atoms with Crippen molar-refractivity contribution >= 4 is 11.9 Å². The van der Waals surface area contributed by atoms with E-state index in [-0.39, 0.29) is 5.91 Å². The lowest BCUT2D eigenvalue weighted by Gasteiger charge is -2.06. The molecule has 0 spiro atoms. The van der Waals surface area contributed by atoms with Gasteiger partial charge in [-0.1, -0.05) is 30.3 Å². The standard InChI is InChI=1S/C17H18N2O3/c1-22-17(21)14-8-9-15(18-11-14)12-19-16(20)10-7-13-5-3-2-4-6-13/h2-6,8-9,11H,7,10,12H2,1H3,(H,19,20). The lowest BCUT2D eigenvalue weighted by Crippen LogP contribution is -2.23. The Bertz CT molecular complexity index is 624. The average molecular weight is 298 g/mol. The lowest BCUT2D eigenvalue weighted by atomic mass is 10.1. The Morgan fingerprint density at radius 3 is 2.55 bits per heavy atom. The minimum Gasteiger partial charge on any atom is -0.465 e. The lowest BCUT2D eigenvalue weighted by molar-refractivity contribution is -0.121. The number of methoxy groups -OCH3 is 1. The predicted molar refractivity (Wildman–Crippen MR) is 82.2 cm³/mol. The van der Waals surface area contributed by atoms with E-state index in [9.17, 15) is 9.59 Å². The van der Waals surface area contributed by atoms with Crippen LogP contribution in [0.1, 0.15) is 28.0 Å². The molecule has 1 amide bonds. The van der Waals surface area contributed by atoms with Crippen LogP contribution in [0, 0.1) is 0 Å². The van der Waals surface area contributed by atoms with Crippen LogP contribution in [0.15, 0.2) is 48.7 Å². The molecule has 0 unspecified atom stereocenters. The van der Waals surface area contributed by atoms with Gasteiger partial charge in [-0.25, -0.2) is 4.79 Å². The van der Waals surface area contributed by atoms with Gasteiger partial charge in [0, 0.05) is 12.6 Å². The normalized spacial score (nSPS) is 10.0. The first-order chi connectivity index (χ1) is 10.7. The molecule has 1 aromatic carbocycles. The van der Waals surface area contributed by atoms with E-state index in [1.165, 1.54) is 13.3 Å². The van der Waals surface area contributed by atoms with Crippen molar-refractivity contribution < 1.29 is 14.3 Å². The number of aromatic nitrogens is 1. The van der Waals surface area contributed by atoms with E-state index in [2.05, 4.69) is 15.0 Å². The van der Waals surface area contributed by atoms with Crippen molar-refractivity contribution in [2.75, 3.05) is 7.11 Å². The molecule has 1 heterocycles. The highest BCUT2D eigenvalue weighted by molar-refractivity contribution is 5.88. The number of ether oxygens (including phenoxy) is 1. The van der Waals surface area contributed by atoms with Gasteiger partial charge >= 0.3 is 5.97 Å². The first-order valence-corrected chi connectivity index (χ1v) is 7.03. The number of rotatable bonds is 6. The number of aryl methyl sites for hydroxylation is 1. The third-order valence-corrected chi connectivity index (χ3v) is 3.20. The van der Waals surface area contributed by atoms with Gasteiger partial charge in [-0.3, -0.25) is 9.78 Å². The maximum Gasteiger partial charge on any atom is 0.339 e. The van der Waals surface area contributed by atoms with Gasteiger partial charge in [0.25, 0.3) is 0 Å². The Hall–Kier alpha value is -2.69. The number of carbonyl (C=O) groups excluding carboxylic acids is 2. The van der Waals surface area contributed by atoms with Gasteiger partial charge in [-0.15, -0.1) is 0 Å². The minimum atomic E-state index is -0.425. The molecule has 22 heavy (non-hydrogen) atoms. The van der Waals surface area contributed by atoms with Crippen molar-refractivity contribution in [1.82, 2.24) is 10.3 Å². The van der Waals surface area contributed by atoms with Crippen LogP contribution in [-0.4, -0.2) is 24.0 Å². The second kappa shape index (κ2) is 7.93. The Kier molecular flexibility index (Phi) is 5.65. The van der Waals surface area contributed by atoms with Crippen LogP contribution < -0.4 is 5.32 Å². The predicted octanol–water partition coefficient (Wildman–Crippen LogP) is 2.12. The second-order valence-corrected chi connectivity index (χ2v) is 4.79. The molecule has 0 saturated heterocycles. The van der Waals surface area contributed by atoms with Gasteiger partial charge in [0.1, 0.15) is 0 Å². The molecule has 0 aliphatic rings. The summed E-state index contributed by atoms with van der Waals surface area (Å²) in [6.07, 6.45) is 2.59. The smallest absolute Gasteiger partial charge is 0.339 e. The molecule has 0 saturated carbocycles. The van der Waals surface area contributed by atoms with E-state index in [1.54, 1.807) is 12.1 Å². The van der Waals surface area contributed by atoms with Crippen molar-refractivity contribution in [2.45, 2.75) is 19.4 Å². The topological polar surface area (TPSA) is 68.3 Å². The van der Waals surface area contributed by atoms with E-state index >= 15 is 0 Å². The van der Waals surface area contributed by atoms with Gasteiger partial charge < -0.3 is 10.1 Å². The van der Waals surface area contributed by atoms with Crippen molar-refractivity contribution in [1.29, 1.82) is 0 Å². The molecule has 1 aromatic heterocycles. The van der Waals surface area contributed by atoms with Gasteiger partial charge in [0.2, 0.25) is 5.91 Å². The number of benzene rings is 1. The molecule has 0 fully saturated rings. The van der Waals surface area contributed by atoms with Gasteiger partial charge in [0.05, 0.1) is 24.9 Å². The molecule has 0 aliphatic heterocycles. The van der Waals surface area contributed by atoms with Gasteiger partial charge in [-0.05, 0) is 24.1 Å². The number of esters is 1. The van der Waals surface area contributed by atoms with Crippen LogP contribution in [0.2, 0.25) is 0 Å². The van der Waals surface area contributed by atoms with E-state index in [4.69, 9.17) is 0 Å². The van der Waals surface area contributed by atoms with E-state index in [0.717, 1.165) is 5.56 Å². The molecule has 0 radical (unpaired) electrons. The van der Waals surface area contributed by atoms with E-state index in [1.807, 2.05) is 30.3 Å². The highest BCUT2D eigenvalue weighted by Gasteiger charge is 2.06. The van der Waals surface area contributed by atoms with Crippen LogP contribution in [0.25, 0.3) is 0 Å². The highest BCUT2D eigenvalue weighted by Crippen LogP contribution is 2.04. The fourth-order valence-corrected chi connectivity index (χ4v) is 1.95. The zero-order valence-corrected chi connectivity index (χ0v) is 12.4. The molecule has 1 N–H and O–H groups in total.